The average molecular weight is 295 g/mol. The van der Waals surface area contributed by atoms with Gasteiger partial charge in [0.1, 0.15) is 5.60 Å². The summed E-state index contributed by atoms with van der Waals surface area (Å²) < 4.78 is 7.37. The number of nitrogens with zero attached hydrogens (tertiary/aromatic N) is 1. The molecule has 0 bridgehead atoms. The molecular weight excluding hydrogens is 266 g/mol. The summed E-state index contributed by atoms with van der Waals surface area (Å²) >= 11 is 0. The van der Waals surface area contributed by atoms with Crippen LogP contribution in [-0.4, -0.2) is 29.4 Å². The van der Waals surface area contributed by atoms with Crippen molar-refractivity contribution < 1.29 is 9.53 Å². The van der Waals surface area contributed by atoms with E-state index in [0.717, 1.165) is 19.5 Å². The first-order valence-corrected chi connectivity index (χ1v) is 7.50. The summed E-state index contributed by atoms with van der Waals surface area (Å²) in [4.78, 5) is 11.4. The fourth-order valence-electron chi connectivity index (χ4n) is 2.05. The Balaban J connectivity index is 2.15. The largest absolute Gasteiger partial charge is 0.444 e. The van der Waals surface area contributed by atoms with Crippen molar-refractivity contribution in [2.24, 2.45) is 7.05 Å². The number of aryl methyl sites for hydroxylation is 1. The van der Waals surface area contributed by atoms with Crippen molar-refractivity contribution in [3.8, 4) is 0 Å². The minimum Gasteiger partial charge on any atom is -0.444 e. The number of rotatable bonds is 6. The lowest BCUT2D eigenvalue weighted by atomic mass is 10.2. The zero-order valence-corrected chi connectivity index (χ0v) is 14.2. The van der Waals surface area contributed by atoms with Gasteiger partial charge in [0.25, 0.3) is 0 Å². The lowest BCUT2D eigenvalue weighted by molar-refractivity contribution is 0.0527. The molecule has 0 aromatic carbocycles. The molecular formula is C16H29N3O2. The SMILES string of the molecule is Cc1cc(CNCCCNC(=O)OC(C)(C)C)c(C)n1C. The van der Waals surface area contributed by atoms with Crippen LogP contribution in [-0.2, 0) is 18.3 Å². The highest BCUT2D eigenvalue weighted by molar-refractivity contribution is 5.67. The normalized spacial score (nSPS) is 11.5. The molecule has 0 aliphatic carbocycles. The third kappa shape index (κ3) is 6.21. The minimum absolute atomic E-state index is 0.350. The van der Waals surface area contributed by atoms with Crippen LogP contribution in [0.15, 0.2) is 6.07 Å². The van der Waals surface area contributed by atoms with Crippen molar-refractivity contribution >= 4 is 6.09 Å². The number of amides is 1. The number of aromatic nitrogens is 1. The van der Waals surface area contributed by atoms with Gasteiger partial charge in [-0.2, -0.15) is 0 Å². The van der Waals surface area contributed by atoms with Gasteiger partial charge in [0, 0.05) is 31.5 Å². The maximum absolute atomic E-state index is 11.4. The highest BCUT2D eigenvalue weighted by atomic mass is 16.6. The lowest BCUT2D eigenvalue weighted by Gasteiger charge is -2.19. The van der Waals surface area contributed by atoms with E-state index in [2.05, 4.69) is 42.2 Å². The first-order valence-electron chi connectivity index (χ1n) is 7.50. The standard InChI is InChI=1S/C16H29N3O2/c1-12-10-14(13(2)19(12)6)11-17-8-7-9-18-15(20)21-16(3,4)5/h10,17H,7-9,11H2,1-6H3,(H,18,20). The maximum Gasteiger partial charge on any atom is 0.407 e. The molecule has 1 aromatic heterocycles. The second-order valence-corrected chi connectivity index (χ2v) is 6.41. The summed E-state index contributed by atoms with van der Waals surface area (Å²) in [6, 6.07) is 2.21. The van der Waals surface area contributed by atoms with Gasteiger partial charge in [-0.3, -0.25) is 0 Å². The molecule has 0 aliphatic rings. The molecule has 120 valence electrons. The van der Waals surface area contributed by atoms with Gasteiger partial charge in [-0.15, -0.1) is 0 Å². The number of hydrogen-bond donors (Lipinski definition) is 2. The zero-order chi connectivity index (χ0) is 16.0. The Morgan fingerprint density at radius 3 is 2.48 bits per heavy atom. The molecule has 0 spiro atoms. The summed E-state index contributed by atoms with van der Waals surface area (Å²) in [6.45, 7) is 12.2. The summed E-state index contributed by atoms with van der Waals surface area (Å²) in [7, 11) is 2.08. The molecule has 0 aliphatic heterocycles. The minimum atomic E-state index is -0.439. The van der Waals surface area contributed by atoms with Crippen LogP contribution in [0.25, 0.3) is 0 Å². The van der Waals surface area contributed by atoms with Crippen LogP contribution in [0, 0.1) is 13.8 Å². The number of alkyl carbamates (subject to hydrolysis) is 1. The van der Waals surface area contributed by atoms with Crippen molar-refractivity contribution in [2.45, 2.75) is 53.2 Å². The molecule has 1 heterocycles. The smallest absolute Gasteiger partial charge is 0.407 e. The second kappa shape index (κ2) is 7.50. The molecule has 0 atom stereocenters. The van der Waals surface area contributed by atoms with Crippen molar-refractivity contribution in [1.29, 1.82) is 0 Å². The Hall–Kier alpha value is -1.49. The van der Waals surface area contributed by atoms with Crippen molar-refractivity contribution in [3.63, 3.8) is 0 Å². The summed E-state index contributed by atoms with van der Waals surface area (Å²) in [5.74, 6) is 0. The van der Waals surface area contributed by atoms with E-state index in [1.807, 2.05) is 20.8 Å². The molecule has 0 saturated carbocycles. The molecule has 0 unspecified atom stereocenters. The predicted molar refractivity (Wildman–Crippen MR) is 85.4 cm³/mol. The first-order chi connectivity index (χ1) is 9.70. The van der Waals surface area contributed by atoms with Crippen LogP contribution >= 0.6 is 0 Å². The summed E-state index contributed by atoms with van der Waals surface area (Å²) in [5.41, 5.74) is 3.46. The number of nitrogens with one attached hydrogen (secondary N) is 2. The third-order valence-corrected chi connectivity index (χ3v) is 3.39. The summed E-state index contributed by atoms with van der Waals surface area (Å²) in [6.07, 6.45) is 0.529. The van der Waals surface area contributed by atoms with E-state index in [9.17, 15) is 4.79 Å². The molecule has 1 rings (SSSR count). The quantitative estimate of drug-likeness (QED) is 0.793. The monoisotopic (exact) mass is 295 g/mol. The topological polar surface area (TPSA) is 55.3 Å². The molecule has 1 aromatic rings. The highest BCUT2D eigenvalue weighted by Gasteiger charge is 2.15. The maximum atomic E-state index is 11.4. The number of hydrogen-bond acceptors (Lipinski definition) is 3. The van der Waals surface area contributed by atoms with Crippen LogP contribution in [0.4, 0.5) is 4.79 Å². The number of ether oxygens (including phenoxy) is 1. The van der Waals surface area contributed by atoms with Gasteiger partial charge in [0.05, 0.1) is 0 Å². The Bertz CT molecular complexity index is 473. The van der Waals surface area contributed by atoms with Crippen LogP contribution in [0.5, 0.6) is 0 Å². The Labute approximate surface area is 128 Å². The third-order valence-electron chi connectivity index (χ3n) is 3.39. The van der Waals surface area contributed by atoms with E-state index in [-0.39, 0.29) is 6.09 Å². The van der Waals surface area contributed by atoms with E-state index in [0.29, 0.717) is 6.54 Å². The van der Waals surface area contributed by atoms with Gasteiger partial charge in [0.2, 0.25) is 0 Å². The van der Waals surface area contributed by atoms with E-state index < -0.39 is 5.60 Å². The van der Waals surface area contributed by atoms with Crippen molar-refractivity contribution in [1.82, 2.24) is 15.2 Å². The average Bonchev–Trinajstić information content (AvgIpc) is 2.59. The van der Waals surface area contributed by atoms with Gasteiger partial charge in [0.15, 0.2) is 0 Å². The Morgan fingerprint density at radius 1 is 1.29 bits per heavy atom. The van der Waals surface area contributed by atoms with Gasteiger partial charge in [-0.1, -0.05) is 0 Å². The van der Waals surface area contributed by atoms with Gasteiger partial charge in [-0.05, 0) is 59.2 Å². The van der Waals surface area contributed by atoms with Crippen molar-refractivity contribution in [3.05, 3.63) is 23.0 Å². The lowest BCUT2D eigenvalue weighted by Crippen LogP contribution is -2.33. The molecule has 5 nitrogen and oxygen atoms in total. The van der Waals surface area contributed by atoms with Gasteiger partial charge >= 0.3 is 6.09 Å². The van der Waals surface area contributed by atoms with Crippen LogP contribution in [0.3, 0.4) is 0 Å². The van der Waals surface area contributed by atoms with E-state index in [4.69, 9.17) is 4.74 Å². The first kappa shape index (κ1) is 17.6. The van der Waals surface area contributed by atoms with E-state index in [1.54, 1.807) is 0 Å². The molecule has 0 fully saturated rings. The second-order valence-electron chi connectivity index (χ2n) is 6.41. The fraction of sp³-hybridized carbons (Fsp3) is 0.688. The van der Waals surface area contributed by atoms with Crippen LogP contribution in [0.1, 0.15) is 44.1 Å². The molecule has 0 radical (unpaired) electrons. The molecule has 0 saturated heterocycles. The van der Waals surface area contributed by atoms with Crippen LogP contribution < -0.4 is 10.6 Å². The van der Waals surface area contributed by atoms with Gasteiger partial charge < -0.3 is 19.9 Å². The van der Waals surface area contributed by atoms with Crippen molar-refractivity contribution in [2.75, 3.05) is 13.1 Å². The fourth-order valence-corrected chi connectivity index (χ4v) is 2.05. The Morgan fingerprint density at radius 2 is 1.95 bits per heavy atom. The van der Waals surface area contributed by atoms with E-state index in [1.165, 1.54) is 17.0 Å². The molecule has 21 heavy (non-hydrogen) atoms. The van der Waals surface area contributed by atoms with Gasteiger partial charge in [-0.25, -0.2) is 4.79 Å². The molecule has 2 N–H and O–H groups in total. The Kier molecular flexibility index (Phi) is 6.27. The number of carbonyl (C=O) groups excluding carboxylic acids is 1. The zero-order valence-electron chi connectivity index (χ0n) is 14.2. The predicted octanol–water partition coefficient (Wildman–Crippen LogP) is 2.65. The highest BCUT2D eigenvalue weighted by Crippen LogP contribution is 2.12. The summed E-state index contributed by atoms with van der Waals surface area (Å²) in [5, 5.41) is 6.16. The molecule has 1 amide bonds. The van der Waals surface area contributed by atoms with E-state index >= 15 is 0 Å². The molecule has 5 heteroatoms. The number of carbonyl (C=O) groups is 1. The van der Waals surface area contributed by atoms with Crippen LogP contribution in [0.2, 0.25) is 0 Å².